The first-order valence-corrected chi connectivity index (χ1v) is 4.82. The highest BCUT2D eigenvalue weighted by atomic mass is 79.9. The number of benzene rings is 1. The molecular formula is C8H7BrClF2NO. The summed E-state index contributed by atoms with van der Waals surface area (Å²) in [5, 5.41) is 9.70. The second kappa shape index (κ2) is 4.42. The van der Waals surface area contributed by atoms with Gasteiger partial charge < -0.3 is 10.8 Å². The van der Waals surface area contributed by atoms with Gasteiger partial charge in [-0.1, -0.05) is 17.7 Å². The van der Waals surface area contributed by atoms with Gasteiger partial charge in [-0.25, -0.2) is 8.78 Å². The summed E-state index contributed by atoms with van der Waals surface area (Å²) in [4.78, 5) is 0. The molecule has 0 saturated carbocycles. The first kappa shape index (κ1) is 11.7. The van der Waals surface area contributed by atoms with Gasteiger partial charge in [-0.3, -0.25) is 0 Å². The van der Waals surface area contributed by atoms with E-state index in [1.165, 1.54) is 12.1 Å². The summed E-state index contributed by atoms with van der Waals surface area (Å²) in [7, 11) is 0. The molecule has 1 atom stereocenters. The Morgan fingerprint density at radius 2 is 2.00 bits per heavy atom. The molecule has 0 aliphatic carbocycles. The molecule has 78 valence electrons. The van der Waals surface area contributed by atoms with Crippen molar-refractivity contribution in [3.63, 3.8) is 0 Å². The number of phenols is 1. The minimum absolute atomic E-state index is 0.0312. The number of nitrogens with two attached hydrogens (primary N) is 1. The van der Waals surface area contributed by atoms with Crippen molar-refractivity contribution >= 4 is 27.5 Å². The van der Waals surface area contributed by atoms with E-state index in [1.807, 2.05) is 0 Å². The highest BCUT2D eigenvalue weighted by Gasteiger charge is 2.22. The van der Waals surface area contributed by atoms with Crippen LogP contribution in [0.25, 0.3) is 0 Å². The lowest BCUT2D eigenvalue weighted by atomic mass is 10.1. The van der Waals surface area contributed by atoms with E-state index in [0.29, 0.717) is 0 Å². The van der Waals surface area contributed by atoms with E-state index in [0.717, 1.165) is 0 Å². The summed E-state index contributed by atoms with van der Waals surface area (Å²) in [6, 6.07) is 1.16. The summed E-state index contributed by atoms with van der Waals surface area (Å²) in [6.45, 7) is 0. The van der Waals surface area contributed by atoms with Crippen molar-refractivity contribution < 1.29 is 13.9 Å². The van der Waals surface area contributed by atoms with Gasteiger partial charge in [0.15, 0.2) is 0 Å². The van der Waals surface area contributed by atoms with Crippen molar-refractivity contribution in [1.29, 1.82) is 0 Å². The monoisotopic (exact) mass is 285 g/mol. The molecule has 1 aromatic rings. The highest BCUT2D eigenvalue weighted by Crippen LogP contribution is 2.37. The molecule has 0 heterocycles. The molecule has 0 saturated heterocycles. The van der Waals surface area contributed by atoms with Crippen molar-refractivity contribution in [2.75, 3.05) is 0 Å². The van der Waals surface area contributed by atoms with Crippen molar-refractivity contribution in [2.45, 2.75) is 12.5 Å². The van der Waals surface area contributed by atoms with Crippen LogP contribution in [0, 0.1) is 0 Å². The topological polar surface area (TPSA) is 46.2 Å². The quantitative estimate of drug-likeness (QED) is 0.877. The van der Waals surface area contributed by atoms with Crippen LogP contribution < -0.4 is 5.73 Å². The van der Waals surface area contributed by atoms with Crippen molar-refractivity contribution in [1.82, 2.24) is 0 Å². The molecule has 0 amide bonds. The second-order valence-electron chi connectivity index (χ2n) is 2.66. The number of aromatic hydroxyl groups is 1. The van der Waals surface area contributed by atoms with E-state index in [4.69, 9.17) is 17.3 Å². The average Bonchev–Trinajstić information content (AvgIpc) is 2.13. The summed E-state index contributed by atoms with van der Waals surface area (Å²) in [6.07, 6.45) is -2.73. The van der Waals surface area contributed by atoms with Gasteiger partial charge in [0.1, 0.15) is 5.75 Å². The molecule has 0 aromatic heterocycles. The zero-order valence-electron chi connectivity index (χ0n) is 6.85. The number of alkyl halides is 2. The van der Waals surface area contributed by atoms with Crippen molar-refractivity contribution in [3.8, 4) is 5.75 Å². The molecule has 1 aromatic carbocycles. The molecule has 3 N–H and O–H groups in total. The third-order valence-electron chi connectivity index (χ3n) is 1.73. The van der Waals surface area contributed by atoms with Gasteiger partial charge in [0.05, 0.1) is 15.5 Å². The fourth-order valence-corrected chi connectivity index (χ4v) is 1.47. The lowest BCUT2D eigenvalue weighted by Gasteiger charge is -2.13. The molecule has 6 heteroatoms. The zero-order chi connectivity index (χ0) is 10.9. The van der Waals surface area contributed by atoms with E-state index in [2.05, 4.69) is 15.9 Å². The fourth-order valence-electron chi connectivity index (χ4n) is 0.960. The maximum Gasteiger partial charge on any atom is 0.257 e. The van der Waals surface area contributed by atoms with Crippen LogP contribution >= 0.6 is 27.5 Å². The van der Waals surface area contributed by atoms with E-state index in [-0.39, 0.29) is 20.8 Å². The number of hydrogen-bond acceptors (Lipinski definition) is 2. The largest absolute Gasteiger partial charge is 0.506 e. The zero-order valence-corrected chi connectivity index (χ0v) is 9.19. The van der Waals surface area contributed by atoms with Crippen LogP contribution in [-0.4, -0.2) is 11.5 Å². The van der Waals surface area contributed by atoms with Crippen LogP contribution in [0.2, 0.25) is 5.02 Å². The van der Waals surface area contributed by atoms with Gasteiger partial charge in [0, 0.05) is 5.56 Å². The number of halogens is 4. The predicted molar refractivity (Wildman–Crippen MR) is 53.7 cm³/mol. The van der Waals surface area contributed by atoms with Crippen LogP contribution in [0.1, 0.15) is 11.6 Å². The molecule has 0 radical (unpaired) electrons. The Morgan fingerprint density at radius 3 is 2.50 bits per heavy atom. The smallest absolute Gasteiger partial charge is 0.257 e. The fraction of sp³-hybridized carbons (Fsp3) is 0.250. The Bertz CT molecular complexity index is 348. The SMILES string of the molecule is NC(c1ccc(Cl)c(Br)c1O)C(F)F. The standard InChI is InChI=1S/C8H7BrClF2NO/c9-5-4(10)2-1-3(7(5)14)6(13)8(11)12/h1-2,6,8,14H,13H2. The minimum atomic E-state index is -2.73. The molecule has 0 aliphatic rings. The molecular weight excluding hydrogens is 279 g/mol. The van der Waals surface area contributed by atoms with Crippen LogP contribution in [0.5, 0.6) is 5.75 Å². The number of hydrogen-bond donors (Lipinski definition) is 2. The molecule has 14 heavy (non-hydrogen) atoms. The number of phenolic OH excluding ortho intramolecular Hbond substituents is 1. The lowest BCUT2D eigenvalue weighted by molar-refractivity contribution is 0.115. The molecule has 0 fully saturated rings. The molecule has 0 bridgehead atoms. The van der Waals surface area contributed by atoms with E-state index in [9.17, 15) is 13.9 Å². The maximum absolute atomic E-state index is 12.2. The van der Waals surface area contributed by atoms with E-state index in [1.54, 1.807) is 0 Å². The van der Waals surface area contributed by atoms with Crippen LogP contribution in [0.4, 0.5) is 8.78 Å². The molecule has 1 unspecified atom stereocenters. The summed E-state index contributed by atoms with van der Waals surface area (Å²) < 4.78 is 24.7. The normalized spacial score (nSPS) is 13.3. The molecule has 0 aliphatic heterocycles. The Morgan fingerprint density at radius 1 is 1.43 bits per heavy atom. The van der Waals surface area contributed by atoms with Crippen molar-refractivity contribution in [2.24, 2.45) is 5.73 Å². The van der Waals surface area contributed by atoms with Gasteiger partial charge in [-0.05, 0) is 22.0 Å². The average molecular weight is 287 g/mol. The lowest BCUT2D eigenvalue weighted by Crippen LogP contribution is -2.19. The maximum atomic E-state index is 12.2. The Kier molecular flexibility index (Phi) is 3.69. The molecule has 0 spiro atoms. The first-order valence-electron chi connectivity index (χ1n) is 3.65. The van der Waals surface area contributed by atoms with Gasteiger partial charge in [-0.15, -0.1) is 0 Å². The summed E-state index contributed by atoms with van der Waals surface area (Å²) >= 11 is 8.60. The first-order chi connectivity index (χ1) is 6.45. The molecule has 1 rings (SSSR count). The Balaban J connectivity index is 3.17. The van der Waals surface area contributed by atoms with Gasteiger partial charge >= 0.3 is 0 Å². The third-order valence-corrected chi connectivity index (χ3v) is 3.08. The minimum Gasteiger partial charge on any atom is -0.506 e. The third kappa shape index (κ3) is 2.16. The summed E-state index contributed by atoms with van der Waals surface area (Å²) in [5.74, 6) is -0.342. The van der Waals surface area contributed by atoms with Gasteiger partial charge in [0.2, 0.25) is 0 Å². The Hall–Kier alpha value is -0.390. The van der Waals surface area contributed by atoms with E-state index < -0.39 is 12.5 Å². The highest BCUT2D eigenvalue weighted by molar-refractivity contribution is 9.10. The predicted octanol–water partition coefficient (Wildman–Crippen LogP) is 3.07. The molecule has 2 nitrogen and oxygen atoms in total. The number of rotatable bonds is 2. The van der Waals surface area contributed by atoms with Crippen LogP contribution in [-0.2, 0) is 0 Å². The second-order valence-corrected chi connectivity index (χ2v) is 3.86. The van der Waals surface area contributed by atoms with E-state index >= 15 is 0 Å². The summed E-state index contributed by atoms with van der Waals surface area (Å²) in [5.41, 5.74) is 5.15. The van der Waals surface area contributed by atoms with Crippen LogP contribution in [0.3, 0.4) is 0 Å². The van der Waals surface area contributed by atoms with Gasteiger partial charge in [-0.2, -0.15) is 0 Å². The van der Waals surface area contributed by atoms with Crippen LogP contribution in [0.15, 0.2) is 16.6 Å². The van der Waals surface area contributed by atoms with Crippen molar-refractivity contribution in [3.05, 3.63) is 27.2 Å². The Labute approximate surface area is 92.8 Å². The van der Waals surface area contributed by atoms with Gasteiger partial charge in [0.25, 0.3) is 6.43 Å².